The van der Waals surface area contributed by atoms with Crippen LogP contribution in [0.15, 0.2) is 4.79 Å². The Balaban J connectivity index is 1.02. The number of alkyl halides is 1. The van der Waals surface area contributed by atoms with E-state index in [1.54, 1.807) is 0 Å². The van der Waals surface area contributed by atoms with E-state index in [2.05, 4.69) is 17.1 Å². The monoisotopic (exact) mass is 632 g/mol. The van der Waals surface area contributed by atoms with Crippen molar-refractivity contribution < 1.29 is 14.6 Å². The average Bonchev–Trinajstić information content (AvgIpc) is 3.60. The average molecular weight is 633 g/mol. The van der Waals surface area contributed by atoms with Crippen LogP contribution in [0.2, 0.25) is 0 Å². The second-order valence-electron chi connectivity index (χ2n) is 14.7. The van der Waals surface area contributed by atoms with E-state index in [0.29, 0.717) is 42.2 Å². The fourth-order valence-electron chi connectivity index (χ4n) is 9.34. The summed E-state index contributed by atoms with van der Waals surface area (Å²) in [5.41, 5.74) is 2.73. The van der Waals surface area contributed by atoms with E-state index in [4.69, 9.17) is 21.3 Å². The molecule has 43 heavy (non-hydrogen) atoms. The minimum atomic E-state index is -0.694. The Morgan fingerprint density at radius 2 is 1.95 bits per heavy atom. The van der Waals surface area contributed by atoms with Gasteiger partial charge in [0.05, 0.1) is 30.9 Å². The van der Waals surface area contributed by atoms with Crippen LogP contribution in [-0.2, 0) is 28.9 Å². The number of aryl methyl sites for hydroxylation is 2. The summed E-state index contributed by atoms with van der Waals surface area (Å²) in [7, 11) is 0. The zero-order valence-electron chi connectivity index (χ0n) is 25.8. The highest BCUT2D eigenvalue weighted by atomic mass is 35.5. The number of likely N-dealkylation sites (tertiary alicyclic amines) is 1. The van der Waals surface area contributed by atoms with Gasteiger partial charge < -0.3 is 15.2 Å². The number of aliphatic carboxylic acids is 1. The first kappa shape index (κ1) is 30.5. The van der Waals surface area contributed by atoms with Crippen molar-refractivity contribution in [2.24, 2.45) is 23.2 Å². The lowest BCUT2D eigenvalue weighted by molar-refractivity contribution is -0.142. The van der Waals surface area contributed by atoms with Gasteiger partial charge in [0.25, 0.3) is 5.56 Å². The molecule has 2 N–H and O–H groups in total. The van der Waals surface area contributed by atoms with Gasteiger partial charge in [0.2, 0.25) is 0 Å². The molecular weight excluding hydrogens is 584 g/mol. The minimum Gasteiger partial charge on any atom is -0.481 e. The van der Waals surface area contributed by atoms with E-state index in [-0.39, 0.29) is 40.3 Å². The first-order chi connectivity index (χ1) is 20.7. The van der Waals surface area contributed by atoms with Crippen molar-refractivity contribution in [2.45, 2.75) is 126 Å². The summed E-state index contributed by atoms with van der Waals surface area (Å²) in [6, 6.07) is 0.732. The van der Waals surface area contributed by atoms with Crippen molar-refractivity contribution in [3.63, 3.8) is 0 Å². The molecule has 9 unspecified atom stereocenters. The zero-order valence-corrected chi connectivity index (χ0v) is 27.4. The fourth-order valence-corrected chi connectivity index (χ4v) is 11.5. The molecule has 1 aromatic heterocycles. The molecule has 3 saturated heterocycles. The number of rotatable bonds is 7. The van der Waals surface area contributed by atoms with Crippen LogP contribution in [0, 0.1) is 30.1 Å². The van der Waals surface area contributed by atoms with E-state index in [1.165, 1.54) is 38.8 Å². The molecule has 4 heterocycles. The second kappa shape index (κ2) is 12.2. The van der Waals surface area contributed by atoms with Crippen LogP contribution >= 0.6 is 23.4 Å². The second-order valence-corrected chi connectivity index (χ2v) is 16.5. The zero-order chi connectivity index (χ0) is 29.9. The largest absolute Gasteiger partial charge is 0.481 e. The van der Waals surface area contributed by atoms with Gasteiger partial charge in [-0.1, -0.05) is 0 Å². The van der Waals surface area contributed by atoms with Gasteiger partial charge in [-0.3, -0.25) is 19.1 Å². The quantitative estimate of drug-likeness (QED) is 0.431. The molecule has 3 aliphatic carbocycles. The highest BCUT2D eigenvalue weighted by Crippen LogP contribution is 2.54. The molecule has 1 spiro atoms. The lowest BCUT2D eigenvalue weighted by Gasteiger charge is -2.47. The first-order valence-electron chi connectivity index (χ1n) is 16.9. The highest BCUT2D eigenvalue weighted by Gasteiger charge is 2.52. The summed E-state index contributed by atoms with van der Waals surface area (Å²) in [6.07, 6.45) is 12.2. The molecule has 0 aromatic carbocycles. The molecule has 9 atom stereocenters. The molecule has 1 aromatic rings. The predicted molar refractivity (Wildman–Crippen MR) is 170 cm³/mol. The van der Waals surface area contributed by atoms with Crippen LogP contribution in [0.5, 0.6) is 0 Å². The van der Waals surface area contributed by atoms with Gasteiger partial charge in [-0.15, -0.1) is 11.6 Å². The summed E-state index contributed by atoms with van der Waals surface area (Å²) in [5.74, 6) is 1.09. The van der Waals surface area contributed by atoms with Crippen LogP contribution in [0.1, 0.15) is 81.8 Å². The number of carboxylic acid groups (broad SMARTS) is 1. The van der Waals surface area contributed by atoms with Crippen molar-refractivity contribution in [3.05, 3.63) is 27.4 Å². The molecule has 0 bridgehead atoms. The summed E-state index contributed by atoms with van der Waals surface area (Å²) in [5, 5.41) is 13.9. The standard InChI is InChI=1S/C33H49ClN4O4S/c1-19-15-24(30-29(35-19)26(18-43-30)32(40)41)23-16-21(34)3-6-28(23)42-14-13-38-20(2)36-27-5-4-22(17-25(27)31(38)39)37-11-9-33(7-8-33)10-12-37/h19,21-24,26,28-30,35H,3-18H2,1-2H3,(H,40,41). The molecule has 0 amide bonds. The van der Waals surface area contributed by atoms with Crippen molar-refractivity contribution >= 4 is 29.3 Å². The van der Waals surface area contributed by atoms with Crippen LogP contribution in [0.25, 0.3) is 0 Å². The number of hydrogen-bond donors (Lipinski definition) is 2. The summed E-state index contributed by atoms with van der Waals surface area (Å²) in [6.45, 7) is 7.49. The molecule has 3 aliphatic heterocycles. The van der Waals surface area contributed by atoms with Crippen molar-refractivity contribution in [3.8, 4) is 0 Å². The van der Waals surface area contributed by atoms with E-state index < -0.39 is 5.97 Å². The fraction of sp³-hybridized carbons (Fsp3) is 0.848. The summed E-state index contributed by atoms with van der Waals surface area (Å²) >= 11 is 8.57. The number of fused-ring (bicyclic) bond motifs is 2. The van der Waals surface area contributed by atoms with Crippen molar-refractivity contribution in [1.82, 2.24) is 19.8 Å². The van der Waals surface area contributed by atoms with Gasteiger partial charge in [0, 0.05) is 40.1 Å². The topological polar surface area (TPSA) is 96.7 Å². The van der Waals surface area contributed by atoms with Crippen molar-refractivity contribution in [2.75, 3.05) is 25.4 Å². The molecule has 5 fully saturated rings. The Hall–Kier alpha value is -1.13. The molecule has 0 radical (unpaired) electrons. The van der Waals surface area contributed by atoms with Gasteiger partial charge in [0.15, 0.2) is 0 Å². The number of piperidine rings is 2. The Labute approximate surface area is 265 Å². The lowest BCUT2D eigenvalue weighted by Crippen LogP contribution is -2.57. The maximum Gasteiger partial charge on any atom is 0.308 e. The number of nitrogens with one attached hydrogen (secondary N) is 1. The van der Waals surface area contributed by atoms with Gasteiger partial charge in [-0.05, 0) is 115 Å². The van der Waals surface area contributed by atoms with Crippen LogP contribution in [0.4, 0.5) is 0 Å². The van der Waals surface area contributed by atoms with E-state index in [1.807, 2.05) is 23.3 Å². The van der Waals surface area contributed by atoms with E-state index in [0.717, 1.165) is 62.0 Å². The third-order valence-electron chi connectivity index (χ3n) is 12.1. The van der Waals surface area contributed by atoms with Gasteiger partial charge in [-0.2, -0.15) is 11.8 Å². The van der Waals surface area contributed by atoms with Crippen LogP contribution in [0.3, 0.4) is 0 Å². The summed E-state index contributed by atoms with van der Waals surface area (Å²) < 4.78 is 8.51. The third kappa shape index (κ3) is 6.07. The minimum absolute atomic E-state index is 0.000941. The highest BCUT2D eigenvalue weighted by molar-refractivity contribution is 8.00. The molecular formula is C33H49ClN4O4S. The van der Waals surface area contributed by atoms with Gasteiger partial charge >= 0.3 is 5.97 Å². The van der Waals surface area contributed by atoms with Crippen LogP contribution in [-0.4, -0.2) is 85.8 Å². The SMILES string of the molecule is Cc1nc2c(c(=O)n1CCOC1CCC(Cl)CC1C1CC(C)NC3C(C(=O)O)CSC13)CC(N1CCC3(CC1)CC3)CC2. The molecule has 2 saturated carbocycles. The molecule has 10 heteroatoms. The molecule has 8 nitrogen and oxygen atoms in total. The molecule has 6 aliphatic rings. The van der Waals surface area contributed by atoms with E-state index in [9.17, 15) is 14.7 Å². The van der Waals surface area contributed by atoms with Gasteiger partial charge in [0.1, 0.15) is 5.82 Å². The number of nitrogens with zero attached hydrogens (tertiary/aromatic N) is 3. The number of carboxylic acids is 1. The Kier molecular flexibility index (Phi) is 8.68. The van der Waals surface area contributed by atoms with E-state index >= 15 is 0 Å². The number of halogens is 1. The summed E-state index contributed by atoms with van der Waals surface area (Å²) in [4.78, 5) is 33.4. The molecule has 238 valence electrons. The van der Waals surface area contributed by atoms with Crippen molar-refractivity contribution in [1.29, 1.82) is 0 Å². The maximum absolute atomic E-state index is 13.8. The lowest BCUT2D eigenvalue weighted by atomic mass is 9.70. The third-order valence-corrected chi connectivity index (χ3v) is 14.1. The molecule has 7 rings (SSSR count). The Morgan fingerprint density at radius 3 is 2.70 bits per heavy atom. The smallest absolute Gasteiger partial charge is 0.308 e. The number of ether oxygens (including phenoxy) is 1. The maximum atomic E-state index is 13.8. The number of hydrogen-bond acceptors (Lipinski definition) is 7. The Bertz CT molecular complexity index is 1260. The number of thioether (sulfide) groups is 1. The Morgan fingerprint density at radius 1 is 1.16 bits per heavy atom. The predicted octanol–water partition coefficient (Wildman–Crippen LogP) is 4.26. The normalized spacial score (nSPS) is 38.9. The van der Waals surface area contributed by atoms with Gasteiger partial charge in [-0.25, -0.2) is 4.98 Å². The van der Waals surface area contributed by atoms with Crippen LogP contribution < -0.4 is 10.9 Å². The number of carbonyl (C=O) groups is 1. The number of aromatic nitrogens is 2. The first-order valence-corrected chi connectivity index (χ1v) is 18.4.